The molecule has 0 bridgehead atoms. The van der Waals surface area contributed by atoms with Gasteiger partial charge in [0.05, 0.1) is 11.4 Å². The van der Waals surface area contributed by atoms with E-state index in [1.807, 2.05) is 25.1 Å². The third-order valence-electron chi connectivity index (χ3n) is 2.37. The Kier molecular flexibility index (Phi) is 3.34. The number of anilines is 2. The summed E-state index contributed by atoms with van der Waals surface area (Å²) < 4.78 is 3.69. The van der Waals surface area contributed by atoms with E-state index in [1.165, 1.54) is 0 Å². The molecule has 0 fully saturated rings. The van der Waals surface area contributed by atoms with Gasteiger partial charge in [0.1, 0.15) is 0 Å². The molecule has 1 aromatic carbocycles. The molecule has 0 radical (unpaired) electrons. The number of amides is 1. The normalized spacial score (nSPS) is 10.2. The van der Waals surface area contributed by atoms with Crippen molar-refractivity contribution < 1.29 is 4.79 Å². The van der Waals surface area contributed by atoms with Crippen molar-refractivity contribution in [3.63, 3.8) is 0 Å². The average molecular weight is 248 g/mol. The second-order valence-corrected chi connectivity index (χ2v) is 4.01. The van der Waals surface area contributed by atoms with Crippen molar-refractivity contribution in [2.24, 2.45) is 0 Å². The summed E-state index contributed by atoms with van der Waals surface area (Å²) in [6, 6.07) is 7.27. The predicted octanol–water partition coefficient (Wildman–Crippen LogP) is 1.79. The molecule has 17 heavy (non-hydrogen) atoms. The van der Waals surface area contributed by atoms with Gasteiger partial charge in [0.2, 0.25) is 0 Å². The number of hydrogen-bond donors (Lipinski definition) is 1. The maximum absolute atomic E-state index is 12.2. The van der Waals surface area contributed by atoms with Gasteiger partial charge in [-0.3, -0.25) is 4.79 Å². The Morgan fingerprint density at radius 2 is 2.24 bits per heavy atom. The van der Waals surface area contributed by atoms with Crippen LogP contribution in [-0.2, 0) is 0 Å². The molecule has 0 aliphatic carbocycles. The molecule has 1 amide bonds. The number of benzene rings is 1. The van der Waals surface area contributed by atoms with Gasteiger partial charge >= 0.3 is 0 Å². The summed E-state index contributed by atoms with van der Waals surface area (Å²) in [5.74, 6) is -0.181. The van der Waals surface area contributed by atoms with Gasteiger partial charge in [-0.1, -0.05) is 16.6 Å². The maximum Gasteiger partial charge on any atom is 0.279 e. The first-order valence-corrected chi connectivity index (χ1v) is 6.01. The topological polar surface area (TPSA) is 72.1 Å². The van der Waals surface area contributed by atoms with Gasteiger partial charge in [-0.25, -0.2) is 0 Å². The average Bonchev–Trinajstić information content (AvgIpc) is 2.86. The van der Waals surface area contributed by atoms with Crippen molar-refractivity contribution in [3.05, 3.63) is 35.3 Å². The zero-order valence-electron chi connectivity index (χ0n) is 9.33. The number of rotatable bonds is 3. The maximum atomic E-state index is 12.2. The fourth-order valence-corrected chi connectivity index (χ4v) is 1.98. The lowest BCUT2D eigenvalue weighted by Gasteiger charge is -2.21. The first-order chi connectivity index (χ1) is 8.24. The Morgan fingerprint density at radius 3 is 2.82 bits per heavy atom. The molecular formula is C11H12N4OS. The van der Waals surface area contributed by atoms with Gasteiger partial charge in [0.25, 0.3) is 5.91 Å². The quantitative estimate of drug-likeness (QED) is 0.840. The molecular weight excluding hydrogens is 236 g/mol. The zero-order chi connectivity index (χ0) is 12.3. The van der Waals surface area contributed by atoms with E-state index in [1.54, 1.807) is 16.3 Å². The fraction of sp³-hybridized carbons (Fsp3) is 0.182. The summed E-state index contributed by atoms with van der Waals surface area (Å²) in [5, 5.41) is 5.41. The van der Waals surface area contributed by atoms with Crippen LogP contribution < -0.4 is 10.6 Å². The van der Waals surface area contributed by atoms with Crippen molar-refractivity contribution in [1.29, 1.82) is 0 Å². The van der Waals surface area contributed by atoms with E-state index in [0.29, 0.717) is 23.6 Å². The molecule has 88 valence electrons. The fourth-order valence-electron chi connectivity index (χ4n) is 1.55. The summed E-state index contributed by atoms with van der Waals surface area (Å²) in [5.41, 5.74) is 7.48. The summed E-state index contributed by atoms with van der Waals surface area (Å²) in [6.07, 6.45) is 0. The molecule has 1 heterocycles. The van der Waals surface area contributed by atoms with Crippen molar-refractivity contribution >= 4 is 28.8 Å². The molecule has 0 aliphatic heterocycles. The molecule has 1 aromatic heterocycles. The molecule has 0 aliphatic rings. The van der Waals surface area contributed by atoms with Crippen molar-refractivity contribution in [3.8, 4) is 0 Å². The predicted molar refractivity (Wildman–Crippen MR) is 68.1 cm³/mol. The molecule has 5 nitrogen and oxygen atoms in total. The van der Waals surface area contributed by atoms with Crippen LogP contribution >= 0.6 is 11.5 Å². The first kappa shape index (κ1) is 11.5. The minimum absolute atomic E-state index is 0.181. The number of carbonyl (C=O) groups is 1. The minimum atomic E-state index is -0.181. The third-order valence-corrected chi connectivity index (χ3v) is 2.87. The molecule has 2 rings (SSSR count). The van der Waals surface area contributed by atoms with Crippen LogP contribution in [0.2, 0.25) is 0 Å². The summed E-state index contributed by atoms with van der Waals surface area (Å²) in [4.78, 5) is 13.8. The number of aromatic nitrogens is 2. The van der Waals surface area contributed by atoms with Crippen molar-refractivity contribution in [1.82, 2.24) is 9.59 Å². The molecule has 6 heteroatoms. The van der Waals surface area contributed by atoms with Crippen LogP contribution in [0, 0.1) is 0 Å². The minimum Gasteiger partial charge on any atom is -0.397 e. The summed E-state index contributed by atoms with van der Waals surface area (Å²) in [6.45, 7) is 2.43. The van der Waals surface area contributed by atoms with Gasteiger partial charge in [-0.2, -0.15) is 0 Å². The lowest BCUT2D eigenvalue weighted by molar-refractivity contribution is 0.0983. The molecule has 0 atom stereocenters. The van der Waals surface area contributed by atoms with Crippen LogP contribution in [0.5, 0.6) is 0 Å². The van der Waals surface area contributed by atoms with Crippen LogP contribution in [0.4, 0.5) is 11.4 Å². The van der Waals surface area contributed by atoms with Gasteiger partial charge in [-0.15, -0.1) is 5.10 Å². The second-order valence-electron chi connectivity index (χ2n) is 3.40. The molecule has 0 unspecified atom stereocenters. The lowest BCUT2D eigenvalue weighted by atomic mass is 10.2. The monoisotopic (exact) mass is 248 g/mol. The standard InChI is InChI=1S/C11H12N4OS/c1-2-15(10-6-4-3-5-8(10)12)11(16)9-7-17-14-13-9/h3-7H,2,12H2,1H3. The Bertz CT molecular complexity index is 512. The highest BCUT2D eigenvalue weighted by Crippen LogP contribution is 2.23. The molecule has 0 spiro atoms. The number of nitrogen functional groups attached to an aromatic ring is 1. The number of para-hydroxylation sites is 2. The Labute approximate surface area is 103 Å². The van der Waals surface area contributed by atoms with Crippen molar-refractivity contribution in [2.75, 3.05) is 17.2 Å². The van der Waals surface area contributed by atoms with E-state index in [-0.39, 0.29) is 5.91 Å². The van der Waals surface area contributed by atoms with E-state index in [4.69, 9.17) is 5.73 Å². The zero-order valence-corrected chi connectivity index (χ0v) is 10.1. The third kappa shape index (κ3) is 2.26. The number of nitrogens with zero attached hydrogens (tertiary/aromatic N) is 3. The van der Waals surface area contributed by atoms with Gasteiger partial charge in [-0.05, 0) is 30.6 Å². The Hall–Kier alpha value is -1.95. The van der Waals surface area contributed by atoms with Gasteiger partial charge in [0.15, 0.2) is 5.69 Å². The Morgan fingerprint density at radius 1 is 1.47 bits per heavy atom. The molecule has 0 saturated carbocycles. The second kappa shape index (κ2) is 4.92. The van der Waals surface area contributed by atoms with E-state index in [0.717, 1.165) is 11.5 Å². The summed E-state index contributed by atoms with van der Waals surface area (Å²) in [7, 11) is 0. The smallest absolute Gasteiger partial charge is 0.279 e. The SMILES string of the molecule is CCN(C(=O)c1csnn1)c1ccccc1N. The molecule has 2 aromatic rings. The van der Waals surface area contributed by atoms with Gasteiger partial charge in [0, 0.05) is 11.9 Å². The summed E-state index contributed by atoms with van der Waals surface area (Å²) >= 11 is 1.16. The van der Waals surface area contributed by atoms with Crippen LogP contribution in [0.25, 0.3) is 0 Å². The van der Waals surface area contributed by atoms with Crippen LogP contribution in [0.3, 0.4) is 0 Å². The van der Waals surface area contributed by atoms with E-state index in [2.05, 4.69) is 9.59 Å². The van der Waals surface area contributed by atoms with Gasteiger partial charge < -0.3 is 10.6 Å². The van der Waals surface area contributed by atoms with Crippen LogP contribution in [0.15, 0.2) is 29.6 Å². The van der Waals surface area contributed by atoms with Crippen LogP contribution in [-0.4, -0.2) is 22.0 Å². The van der Waals surface area contributed by atoms with Crippen molar-refractivity contribution in [2.45, 2.75) is 6.92 Å². The lowest BCUT2D eigenvalue weighted by Crippen LogP contribution is -2.31. The number of hydrogen-bond acceptors (Lipinski definition) is 5. The highest BCUT2D eigenvalue weighted by Gasteiger charge is 2.19. The first-order valence-electron chi connectivity index (χ1n) is 5.17. The largest absolute Gasteiger partial charge is 0.397 e. The molecule has 0 saturated heterocycles. The molecule has 2 N–H and O–H groups in total. The number of nitrogens with two attached hydrogens (primary N) is 1. The highest BCUT2D eigenvalue weighted by atomic mass is 32.1. The number of carbonyl (C=O) groups excluding carboxylic acids is 1. The van der Waals surface area contributed by atoms with E-state index in [9.17, 15) is 4.79 Å². The Balaban J connectivity index is 2.35. The van der Waals surface area contributed by atoms with Crippen LogP contribution in [0.1, 0.15) is 17.4 Å². The van der Waals surface area contributed by atoms with E-state index < -0.39 is 0 Å². The van der Waals surface area contributed by atoms with E-state index >= 15 is 0 Å². The highest BCUT2D eigenvalue weighted by molar-refractivity contribution is 7.03.